The first-order valence-electron chi connectivity index (χ1n) is 7.51. The van der Waals surface area contributed by atoms with Gasteiger partial charge in [-0.15, -0.1) is 0 Å². The summed E-state index contributed by atoms with van der Waals surface area (Å²) in [7, 11) is 0. The van der Waals surface area contributed by atoms with Crippen molar-refractivity contribution >= 4 is 5.97 Å². The van der Waals surface area contributed by atoms with Crippen LogP contribution >= 0.6 is 0 Å². The second-order valence-corrected chi connectivity index (χ2v) is 6.24. The second-order valence-electron chi connectivity index (χ2n) is 6.24. The van der Waals surface area contributed by atoms with E-state index in [1.807, 2.05) is 0 Å². The normalized spacial score (nSPS) is 26.2. The maximum atomic E-state index is 12.1. The molecule has 0 saturated carbocycles. The number of carbonyl (C=O) groups is 1. The zero-order valence-electron chi connectivity index (χ0n) is 12.2. The lowest BCUT2D eigenvalue weighted by molar-refractivity contribution is 0.0113. The van der Waals surface area contributed by atoms with Crippen LogP contribution < -0.4 is 0 Å². The number of piperidine rings is 1. The second kappa shape index (κ2) is 5.56. The highest BCUT2D eigenvalue weighted by Gasteiger charge is 2.31. The minimum atomic E-state index is -0.496. The fraction of sp³-hybridized carbons (Fsp3) is 0.562. The van der Waals surface area contributed by atoms with Crippen LogP contribution in [0, 0.1) is 5.92 Å². The molecule has 2 N–H and O–H groups in total. The van der Waals surface area contributed by atoms with Crippen molar-refractivity contribution < 1.29 is 19.7 Å². The third-order valence-corrected chi connectivity index (χ3v) is 4.31. The van der Waals surface area contributed by atoms with Gasteiger partial charge < -0.3 is 14.9 Å². The number of ether oxygens (including phenoxy) is 1. The van der Waals surface area contributed by atoms with Crippen LogP contribution in [0.2, 0.25) is 0 Å². The van der Waals surface area contributed by atoms with Crippen molar-refractivity contribution in [1.82, 2.24) is 4.90 Å². The number of nitrogens with zero attached hydrogens (tertiary/aromatic N) is 1. The summed E-state index contributed by atoms with van der Waals surface area (Å²) in [5, 5.41) is 19.4. The average Bonchev–Trinajstić information content (AvgIpc) is 2.37. The van der Waals surface area contributed by atoms with E-state index in [1.165, 1.54) is 18.9 Å². The van der Waals surface area contributed by atoms with E-state index in [0.717, 1.165) is 13.1 Å². The van der Waals surface area contributed by atoms with E-state index < -0.39 is 5.97 Å². The Morgan fingerprint density at radius 1 is 1.38 bits per heavy atom. The molecule has 0 amide bonds. The summed E-state index contributed by atoms with van der Waals surface area (Å²) < 4.78 is 5.45. The molecule has 0 radical (unpaired) electrons. The molecule has 1 fully saturated rings. The van der Waals surface area contributed by atoms with E-state index in [4.69, 9.17) is 4.74 Å². The standard InChI is InChI=1S/C16H21NO4/c1-10-3-2-4-17(8-10)9-13-6-11-5-12(18)7-14(19)15(11)16(20)21-13/h5,7,10,13,18-19H,2-4,6,8-9H2,1H3/t10-,13-/m1/s1. The molecule has 1 aromatic rings. The number of cyclic esters (lactones) is 1. The summed E-state index contributed by atoms with van der Waals surface area (Å²) in [5.41, 5.74) is 0.856. The molecule has 3 rings (SSSR count). The van der Waals surface area contributed by atoms with Crippen molar-refractivity contribution in [2.75, 3.05) is 19.6 Å². The summed E-state index contributed by atoms with van der Waals surface area (Å²) in [6.45, 7) is 5.03. The largest absolute Gasteiger partial charge is 0.508 e. The summed E-state index contributed by atoms with van der Waals surface area (Å²) in [6.07, 6.45) is 2.76. The molecular formula is C16H21NO4. The van der Waals surface area contributed by atoms with Crippen molar-refractivity contribution in [3.8, 4) is 11.5 Å². The van der Waals surface area contributed by atoms with Gasteiger partial charge in [-0.05, 0) is 36.9 Å². The van der Waals surface area contributed by atoms with Crippen molar-refractivity contribution in [1.29, 1.82) is 0 Å². The van der Waals surface area contributed by atoms with Crippen molar-refractivity contribution in [2.24, 2.45) is 5.92 Å². The zero-order valence-corrected chi connectivity index (χ0v) is 12.2. The number of likely N-dealkylation sites (tertiary alicyclic amines) is 1. The van der Waals surface area contributed by atoms with Crippen LogP contribution in [0.15, 0.2) is 12.1 Å². The number of phenols is 2. The van der Waals surface area contributed by atoms with Gasteiger partial charge in [0.05, 0.1) is 0 Å². The van der Waals surface area contributed by atoms with Gasteiger partial charge in [0.25, 0.3) is 0 Å². The molecule has 0 spiro atoms. The minimum absolute atomic E-state index is 0.0219. The van der Waals surface area contributed by atoms with Crippen molar-refractivity contribution in [2.45, 2.75) is 32.3 Å². The molecule has 2 atom stereocenters. The summed E-state index contributed by atoms with van der Waals surface area (Å²) in [4.78, 5) is 14.4. The Morgan fingerprint density at radius 2 is 2.19 bits per heavy atom. The van der Waals surface area contributed by atoms with Gasteiger partial charge in [0.1, 0.15) is 23.2 Å². The van der Waals surface area contributed by atoms with E-state index in [1.54, 1.807) is 6.07 Å². The number of benzene rings is 1. The van der Waals surface area contributed by atoms with Gasteiger partial charge in [0.15, 0.2) is 0 Å². The molecule has 0 aliphatic carbocycles. The fourth-order valence-electron chi connectivity index (χ4n) is 3.41. The van der Waals surface area contributed by atoms with Crippen LogP contribution in [0.3, 0.4) is 0 Å². The SMILES string of the molecule is C[C@@H]1CCCN(C[C@H]2Cc3cc(O)cc(O)c3C(=O)O2)C1. The number of hydrogen-bond acceptors (Lipinski definition) is 5. The van der Waals surface area contributed by atoms with Gasteiger partial charge in [0.2, 0.25) is 0 Å². The molecule has 2 aliphatic rings. The molecule has 5 heteroatoms. The van der Waals surface area contributed by atoms with Crippen LogP contribution in [-0.4, -0.2) is 46.8 Å². The zero-order chi connectivity index (χ0) is 15.0. The van der Waals surface area contributed by atoms with Gasteiger partial charge in [-0.2, -0.15) is 0 Å². The lowest BCUT2D eigenvalue weighted by Gasteiger charge is -2.34. The van der Waals surface area contributed by atoms with E-state index in [0.29, 0.717) is 24.4 Å². The van der Waals surface area contributed by atoms with Crippen LogP contribution in [0.25, 0.3) is 0 Å². The molecule has 21 heavy (non-hydrogen) atoms. The Balaban J connectivity index is 1.74. The molecule has 1 saturated heterocycles. The van der Waals surface area contributed by atoms with Gasteiger partial charge in [0, 0.05) is 25.6 Å². The number of phenolic OH excluding ortho intramolecular Hbond substituents is 2. The lowest BCUT2D eigenvalue weighted by Crippen LogP contribution is -2.43. The van der Waals surface area contributed by atoms with Crippen LogP contribution in [0.5, 0.6) is 11.5 Å². The van der Waals surface area contributed by atoms with E-state index in [2.05, 4.69) is 11.8 Å². The topological polar surface area (TPSA) is 70.0 Å². The Morgan fingerprint density at radius 3 is 2.95 bits per heavy atom. The van der Waals surface area contributed by atoms with Gasteiger partial charge in [-0.3, -0.25) is 4.90 Å². The maximum absolute atomic E-state index is 12.1. The van der Waals surface area contributed by atoms with E-state index >= 15 is 0 Å². The lowest BCUT2D eigenvalue weighted by atomic mass is 9.95. The number of esters is 1. The van der Waals surface area contributed by atoms with Gasteiger partial charge in [-0.1, -0.05) is 6.92 Å². The quantitative estimate of drug-likeness (QED) is 0.815. The number of fused-ring (bicyclic) bond motifs is 1. The molecule has 0 aromatic heterocycles. The number of rotatable bonds is 2. The van der Waals surface area contributed by atoms with Crippen LogP contribution in [0.4, 0.5) is 0 Å². The smallest absolute Gasteiger partial charge is 0.342 e. The molecular weight excluding hydrogens is 270 g/mol. The molecule has 5 nitrogen and oxygen atoms in total. The Bertz CT molecular complexity index is 557. The minimum Gasteiger partial charge on any atom is -0.508 e. The Labute approximate surface area is 124 Å². The van der Waals surface area contributed by atoms with Crippen LogP contribution in [-0.2, 0) is 11.2 Å². The fourth-order valence-corrected chi connectivity index (χ4v) is 3.41. The molecule has 114 valence electrons. The summed E-state index contributed by atoms with van der Waals surface area (Å²) >= 11 is 0. The Kier molecular flexibility index (Phi) is 3.76. The predicted molar refractivity (Wildman–Crippen MR) is 77.5 cm³/mol. The van der Waals surface area contributed by atoms with E-state index in [9.17, 15) is 15.0 Å². The average molecular weight is 291 g/mol. The Hall–Kier alpha value is -1.75. The highest BCUT2D eigenvalue weighted by molar-refractivity contribution is 5.95. The molecule has 2 aliphatic heterocycles. The number of aromatic hydroxyl groups is 2. The summed E-state index contributed by atoms with van der Waals surface area (Å²) in [5.74, 6) is -0.0476. The highest BCUT2D eigenvalue weighted by Crippen LogP contribution is 2.32. The predicted octanol–water partition coefficient (Wildman–Crippen LogP) is 1.91. The summed E-state index contributed by atoms with van der Waals surface area (Å²) in [6, 6.07) is 2.72. The first-order chi connectivity index (χ1) is 10.0. The third kappa shape index (κ3) is 2.97. The van der Waals surface area contributed by atoms with Gasteiger partial charge >= 0.3 is 5.97 Å². The molecule has 1 aromatic carbocycles. The molecule has 0 unspecified atom stereocenters. The third-order valence-electron chi connectivity index (χ3n) is 4.31. The molecule has 0 bridgehead atoms. The number of hydrogen-bond donors (Lipinski definition) is 2. The first kappa shape index (κ1) is 14.2. The monoisotopic (exact) mass is 291 g/mol. The first-order valence-corrected chi connectivity index (χ1v) is 7.51. The highest BCUT2D eigenvalue weighted by atomic mass is 16.5. The number of carbonyl (C=O) groups excluding carboxylic acids is 1. The molecule has 2 heterocycles. The van der Waals surface area contributed by atoms with Crippen LogP contribution in [0.1, 0.15) is 35.7 Å². The van der Waals surface area contributed by atoms with Crippen molar-refractivity contribution in [3.63, 3.8) is 0 Å². The van der Waals surface area contributed by atoms with Gasteiger partial charge in [-0.25, -0.2) is 4.79 Å². The van der Waals surface area contributed by atoms with E-state index in [-0.39, 0.29) is 23.2 Å². The van der Waals surface area contributed by atoms with Crippen molar-refractivity contribution in [3.05, 3.63) is 23.3 Å². The maximum Gasteiger partial charge on any atom is 0.342 e.